The molecule has 1 amide bonds. The fourth-order valence-corrected chi connectivity index (χ4v) is 5.57. The Balaban J connectivity index is 1.65. The van der Waals surface area contributed by atoms with E-state index in [4.69, 9.17) is 0 Å². The predicted octanol–water partition coefficient (Wildman–Crippen LogP) is 3.08. The van der Waals surface area contributed by atoms with Gasteiger partial charge in [-0.15, -0.1) is 11.3 Å². The van der Waals surface area contributed by atoms with E-state index in [-0.39, 0.29) is 12.5 Å². The third-order valence-corrected chi connectivity index (χ3v) is 6.97. The van der Waals surface area contributed by atoms with Crippen LogP contribution in [0, 0.1) is 13.8 Å². The highest BCUT2D eigenvalue weighted by Gasteiger charge is 2.20. The van der Waals surface area contributed by atoms with Crippen molar-refractivity contribution < 1.29 is 13.2 Å². The molecule has 2 aromatic rings. The van der Waals surface area contributed by atoms with Crippen LogP contribution in [0.4, 0.5) is 0 Å². The van der Waals surface area contributed by atoms with Gasteiger partial charge in [0, 0.05) is 35.0 Å². The van der Waals surface area contributed by atoms with Crippen LogP contribution in [-0.2, 0) is 16.6 Å². The zero-order valence-corrected chi connectivity index (χ0v) is 16.0. The molecule has 1 aliphatic heterocycles. The molecular weight excluding hydrogens is 356 g/mol. The molecule has 2 heterocycles. The summed E-state index contributed by atoms with van der Waals surface area (Å²) in [4.78, 5) is 16.3. The number of amides is 1. The van der Waals surface area contributed by atoms with Crippen molar-refractivity contribution in [2.75, 3.05) is 13.1 Å². The molecule has 0 radical (unpaired) electrons. The Bertz CT molecular complexity index is 864. The van der Waals surface area contributed by atoms with Gasteiger partial charge in [0.2, 0.25) is 10.0 Å². The smallest absolute Gasteiger partial charge is 0.253 e. The van der Waals surface area contributed by atoms with Crippen molar-refractivity contribution in [2.24, 2.45) is 0 Å². The van der Waals surface area contributed by atoms with E-state index in [1.54, 1.807) is 30.3 Å². The molecule has 0 spiro atoms. The van der Waals surface area contributed by atoms with Gasteiger partial charge in [-0.2, -0.15) is 0 Å². The quantitative estimate of drug-likeness (QED) is 0.869. The first kappa shape index (κ1) is 18.1. The minimum absolute atomic E-state index is 0.0500. The number of carbonyl (C=O) groups excluding carboxylic acids is 1. The molecule has 1 aliphatic rings. The number of sulfonamides is 1. The minimum Gasteiger partial charge on any atom is -0.339 e. The van der Waals surface area contributed by atoms with E-state index in [0.717, 1.165) is 41.2 Å². The first-order chi connectivity index (χ1) is 11.9. The minimum atomic E-state index is -3.52. The van der Waals surface area contributed by atoms with Gasteiger partial charge in [-0.3, -0.25) is 4.79 Å². The lowest BCUT2D eigenvalue weighted by Gasteiger charge is -2.15. The van der Waals surface area contributed by atoms with Gasteiger partial charge in [-0.05, 0) is 50.5 Å². The van der Waals surface area contributed by atoms with Crippen LogP contribution < -0.4 is 4.72 Å². The summed E-state index contributed by atoms with van der Waals surface area (Å²) in [6, 6.07) is 8.84. The van der Waals surface area contributed by atoms with Crippen LogP contribution >= 0.6 is 11.3 Å². The number of benzene rings is 1. The molecule has 0 aliphatic carbocycles. The Hall–Kier alpha value is -1.70. The average molecular weight is 379 g/mol. The Morgan fingerprint density at radius 3 is 2.36 bits per heavy atom. The maximum Gasteiger partial charge on any atom is 0.253 e. The largest absolute Gasteiger partial charge is 0.339 e. The second-order valence-corrected chi connectivity index (χ2v) is 9.49. The highest BCUT2D eigenvalue weighted by Crippen LogP contribution is 2.25. The first-order valence-electron chi connectivity index (χ1n) is 8.32. The second-order valence-electron chi connectivity index (χ2n) is 6.30. The molecule has 134 valence electrons. The van der Waals surface area contributed by atoms with Crippen LogP contribution in [0.5, 0.6) is 0 Å². The van der Waals surface area contributed by atoms with E-state index in [2.05, 4.69) is 4.72 Å². The molecule has 5 nitrogen and oxygen atoms in total. The summed E-state index contributed by atoms with van der Waals surface area (Å²) in [5.74, 6) is 0.0500. The molecule has 7 heteroatoms. The summed E-state index contributed by atoms with van der Waals surface area (Å²) in [7, 11) is -3.52. The number of hydrogen-bond acceptors (Lipinski definition) is 4. The summed E-state index contributed by atoms with van der Waals surface area (Å²) in [5.41, 5.74) is 1.48. The SMILES string of the molecule is Cc1cc(S(=O)(=O)NCc2ccc(C(=O)N3CCCC3)cc2)c(C)s1. The monoisotopic (exact) mass is 378 g/mol. The number of thiophene rings is 1. The fraction of sp³-hybridized carbons (Fsp3) is 0.389. The Morgan fingerprint density at radius 1 is 1.16 bits per heavy atom. The average Bonchev–Trinajstić information content (AvgIpc) is 3.23. The van der Waals surface area contributed by atoms with Crippen LogP contribution in [0.1, 0.15) is 38.5 Å². The van der Waals surface area contributed by atoms with Crippen molar-refractivity contribution in [1.82, 2.24) is 9.62 Å². The summed E-state index contributed by atoms with van der Waals surface area (Å²) < 4.78 is 27.5. The van der Waals surface area contributed by atoms with Gasteiger partial charge >= 0.3 is 0 Å². The van der Waals surface area contributed by atoms with E-state index >= 15 is 0 Å². The van der Waals surface area contributed by atoms with Gasteiger partial charge in [0.25, 0.3) is 5.91 Å². The maximum atomic E-state index is 12.4. The molecule has 1 N–H and O–H groups in total. The van der Waals surface area contributed by atoms with Crippen molar-refractivity contribution in [3.05, 3.63) is 51.2 Å². The molecule has 0 bridgehead atoms. The zero-order chi connectivity index (χ0) is 18.0. The van der Waals surface area contributed by atoms with Crippen molar-refractivity contribution in [2.45, 2.75) is 38.1 Å². The summed E-state index contributed by atoms with van der Waals surface area (Å²) in [6.45, 7) is 5.55. The van der Waals surface area contributed by atoms with Gasteiger partial charge in [-0.25, -0.2) is 13.1 Å². The third kappa shape index (κ3) is 4.11. The Kier molecular flexibility index (Phi) is 5.27. The topological polar surface area (TPSA) is 66.5 Å². The van der Waals surface area contributed by atoms with E-state index < -0.39 is 10.0 Å². The highest BCUT2D eigenvalue weighted by atomic mass is 32.2. The highest BCUT2D eigenvalue weighted by molar-refractivity contribution is 7.89. The van der Waals surface area contributed by atoms with Crippen LogP contribution in [0.25, 0.3) is 0 Å². The predicted molar refractivity (Wildman–Crippen MR) is 99.4 cm³/mol. The van der Waals surface area contributed by atoms with Crippen molar-refractivity contribution >= 4 is 27.3 Å². The number of carbonyl (C=O) groups is 1. The number of nitrogens with one attached hydrogen (secondary N) is 1. The lowest BCUT2D eigenvalue weighted by Crippen LogP contribution is -2.27. The molecule has 25 heavy (non-hydrogen) atoms. The number of rotatable bonds is 5. The fourth-order valence-electron chi connectivity index (χ4n) is 3.00. The Labute approximate surface area is 152 Å². The van der Waals surface area contributed by atoms with E-state index in [9.17, 15) is 13.2 Å². The third-order valence-electron chi connectivity index (χ3n) is 4.35. The lowest BCUT2D eigenvalue weighted by molar-refractivity contribution is 0.0793. The van der Waals surface area contributed by atoms with Crippen LogP contribution in [0.3, 0.4) is 0 Å². The summed E-state index contributed by atoms with van der Waals surface area (Å²) >= 11 is 1.47. The van der Waals surface area contributed by atoms with Crippen LogP contribution in [0.2, 0.25) is 0 Å². The summed E-state index contributed by atoms with van der Waals surface area (Å²) in [6.07, 6.45) is 2.13. The molecule has 0 unspecified atom stereocenters. The number of aryl methyl sites for hydroxylation is 2. The van der Waals surface area contributed by atoms with E-state index in [1.807, 2.05) is 18.7 Å². The normalized spacial score (nSPS) is 14.9. The van der Waals surface area contributed by atoms with Gasteiger partial charge < -0.3 is 4.90 Å². The standard InChI is InChI=1S/C18H22N2O3S2/c1-13-11-17(14(2)24-13)25(22,23)19-12-15-5-7-16(8-6-15)18(21)20-9-3-4-10-20/h5-8,11,19H,3-4,9-10,12H2,1-2H3. The van der Waals surface area contributed by atoms with E-state index in [0.29, 0.717) is 10.5 Å². The molecule has 1 aromatic heterocycles. The molecule has 1 aromatic carbocycles. The van der Waals surface area contributed by atoms with Crippen LogP contribution in [0.15, 0.2) is 35.2 Å². The molecule has 3 rings (SSSR count). The van der Waals surface area contributed by atoms with Gasteiger partial charge in [0.1, 0.15) is 0 Å². The van der Waals surface area contributed by atoms with Gasteiger partial charge in [0.05, 0.1) is 4.90 Å². The first-order valence-corrected chi connectivity index (χ1v) is 10.6. The summed E-state index contributed by atoms with van der Waals surface area (Å²) in [5, 5.41) is 0. The number of likely N-dealkylation sites (tertiary alicyclic amines) is 1. The second kappa shape index (κ2) is 7.27. The molecule has 0 saturated carbocycles. The maximum absolute atomic E-state index is 12.4. The van der Waals surface area contributed by atoms with E-state index in [1.165, 1.54) is 11.3 Å². The zero-order valence-electron chi connectivity index (χ0n) is 14.4. The molecule has 0 atom stereocenters. The molecule has 1 fully saturated rings. The van der Waals surface area contributed by atoms with Gasteiger partial charge in [0.15, 0.2) is 0 Å². The Morgan fingerprint density at radius 2 is 1.80 bits per heavy atom. The van der Waals surface area contributed by atoms with Crippen LogP contribution in [-0.4, -0.2) is 32.3 Å². The van der Waals surface area contributed by atoms with Crippen molar-refractivity contribution in [1.29, 1.82) is 0 Å². The van der Waals surface area contributed by atoms with Crippen molar-refractivity contribution in [3.63, 3.8) is 0 Å². The van der Waals surface area contributed by atoms with Crippen molar-refractivity contribution in [3.8, 4) is 0 Å². The molecule has 1 saturated heterocycles. The lowest BCUT2D eigenvalue weighted by atomic mass is 10.1. The number of hydrogen-bond donors (Lipinski definition) is 1. The molecular formula is C18H22N2O3S2. The van der Waals surface area contributed by atoms with Gasteiger partial charge in [-0.1, -0.05) is 12.1 Å². The number of nitrogens with zero attached hydrogens (tertiary/aromatic N) is 1.